The fraction of sp³-hybridized carbons (Fsp3) is 0.250. The molecule has 12 heteroatoms. The van der Waals surface area contributed by atoms with E-state index in [2.05, 4.69) is 35.3 Å². The number of anilines is 1. The van der Waals surface area contributed by atoms with E-state index >= 15 is 0 Å². The Kier molecular flexibility index (Phi) is 4.68. The number of aromatic hydroxyl groups is 1. The van der Waals surface area contributed by atoms with Crippen LogP contribution in [0.25, 0.3) is 11.7 Å². The molecule has 32 heavy (non-hydrogen) atoms. The standard InChI is InChI=1S/C20H18F2N8O2/c1-9-2-5-13(21)12(15(9)22)8-23-18-27-16-10(6-14-17(31)28-20(32)26-14)7-24-30(16)19(29-18)25-11-3-4-11/h2,5-7,11,31H,3-4,8H2,1H3,(H,23,25,29)(H2,26,28,32). The Morgan fingerprint density at radius 2 is 2.12 bits per heavy atom. The van der Waals surface area contributed by atoms with Crippen molar-refractivity contribution in [1.82, 2.24) is 29.5 Å². The SMILES string of the molecule is Cc1ccc(F)c(CNc2nc(=NC3CC3)n3ncc(=Cc4[nH]c(=O)[nH]c4O)c3n2)c1F. The van der Waals surface area contributed by atoms with Gasteiger partial charge in [0.1, 0.15) is 17.3 Å². The molecule has 0 spiro atoms. The Morgan fingerprint density at radius 1 is 1.31 bits per heavy atom. The first-order chi connectivity index (χ1) is 15.4. The fourth-order valence-electron chi connectivity index (χ4n) is 3.20. The summed E-state index contributed by atoms with van der Waals surface area (Å²) >= 11 is 0. The highest BCUT2D eigenvalue weighted by Crippen LogP contribution is 2.22. The summed E-state index contributed by atoms with van der Waals surface area (Å²) in [6.07, 6.45) is 4.86. The maximum absolute atomic E-state index is 14.4. The third kappa shape index (κ3) is 3.70. The number of nitrogens with one attached hydrogen (secondary N) is 3. The number of imidazole rings is 1. The topological polar surface area (TPSA) is 136 Å². The molecule has 0 saturated heterocycles. The fourth-order valence-corrected chi connectivity index (χ4v) is 3.20. The van der Waals surface area contributed by atoms with Crippen molar-refractivity contribution in [2.45, 2.75) is 32.4 Å². The normalized spacial score (nSPS) is 15.1. The highest BCUT2D eigenvalue weighted by Gasteiger charge is 2.21. The Bertz CT molecular complexity index is 1520. The highest BCUT2D eigenvalue weighted by atomic mass is 19.1. The van der Waals surface area contributed by atoms with Gasteiger partial charge in [-0.25, -0.2) is 18.6 Å². The van der Waals surface area contributed by atoms with Crippen molar-refractivity contribution in [3.63, 3.8) is 0 Å². The Hall–Kier alpha value is -4.09. The van der Waals surface area contributed by atoms with Gasteiger partial charge in [0.15, 0.2) is 5.65 Å². The van der Waals surface area contributed by atoms with Crippen LogP contribution in [0.4, 0.5) is 14.7 Å². The molecule has 3 heterocycles. The van der Waals surface area contributed by atoms with Gasteiger partial charge in [0.2, 0.25) is 11.8 Å². The van der Waals surface area contributed by atoms with Crippen molar-refractivity contribution in [3.8, 4) is 5.88 Å². The second-order valence-corrected chi connectivity index (χ2v) is 7.54. The number of benzene rings is 1. The average molecular weight is 440 g/mol. The molecule has 1 fully saturated rings. The number of aromatic nitrogens is 6. The zero-order chi connectivity index (χ0) is 22.4. The summed E-state index contributed by atoms with van der Waals surface area (Å²) in [6, 6.07) is 2.72. The van der Waals surface area contributed by atoms with Crippen molar-refractivity contribution in [3.05, 3.63) is 68.1 Å². The lowest BCUT2D eigenvalue weighted by Gasteiger charge is -2.09. The number of hydrogen-bond donors (Lipinski definition) is 4. The van der Waals surface area contributed by atoms with Gasteiger partial charge in [-0.2, -0.15) is 19.6 Å². The molecule has 3 aromatic heterocycles. The van der Waals surface area contributed by atoms with E-state index in [1.165, 1.54) is 28.9 Å². The monoisotopic (exact) mass is 440 g/mol. The molecule has 1 aliphatic rings. The number of aryl methyl sites for hydroxylation is 1. The first-order valence-electron chi connectivity index (χ1n) is 9.89. The van der Waals surface area contributed by atoms with Crippen LogP contribution in [0.2, 0.25) is 0 Å². The lowest BCUT2D eigenvalue weighted by atomic mass is 10.1. The van der Waals surface area contributed by atoms with Crippen LogP contribution < -0.4 is 21.8 Å². The number of H-pyrrole nitrogens is 2. The van der Waals surface area contributed by atoms with Gasteiger partial charge in [-0.15, -0.1) is 0 Å². The molecule has 4 N–H and O–H groups in total. The second-order valence-electron chi connectivity index (χ2n) is 7.54. The summed E-state index contributed by atoms with van der Waals surface area (Å²) in [6.45, 7) is 1.39. The molecule has 5 rings (SSSR count). The molecule has 0 amide bonds. The number of aromatic amines is 2. The second kappa shape index (κ2) is 7.55. The predicted octanol–water partition coefficient (Wildman–Crippen LogP) is 0.656. The molecule has 1 saturated carbocycles. The molecular weight excluding hydrogens is 422 g/mol. The Morgan fingerprint density at radius 3 is 2.84 bits per heavy atom. The number of nitrogens with zero attached hydrogens (tertiary/aromatic N) is 5. The predicted molar refractivity (Wildman–Crippen MR) is 110 cm³/mol. The molecule has 4 aromatic rings. The van der Waals surface area contributed by atoms with Crippen molar-refractivity contribution in [1.29, 1.82) is 0 Å². The van der Waals surface area contributed by atoms with Crippen LogP contribution in [0.15, 0.2) is 28.1 Å². The summed E-state index contributed by atoms with van der Waals surface area (Å²) in [4.78, 5) is 29.4. The smallest absolute Gasteiger partial charge is 0.326 e. The van der Waals surface area contributed by atoms with Gasteiger partial charge in [-0.1, -0.05) is 6.07 Å². The molecule has 164 valence electrons. The van der Waals surface area contributed by atoms with Crippen LogP contribution in [0.5, 0.6) is 5.88 Å². The van der Waals surface area contributed by atoms with Gasteiger partial charge in [-0.05, 0) is 37.5 Å². The summed E-state index contributed by atoms with van der Waals surface area (Å²) in [5, 5.41) is 17.4. The zero-order valence-corrected chi connectivity index (χ0v) is 16.9. The van der Waals surface area contributed by atoms with Gasteiger partial charge in [0.25, 0.3) is 5.62 Å². The van der Waals surface area contributed by atoms with Crippen molar-refractivity contribution in [2.75, 3.05) is 5.32 Å². The number of hydrogen-bond acceptors (Lipinski definition) is 7. The summed E-state index contributed by atoms with van der Waals surface area (Å²) in [5.74, 6) is -1.52. The third-order valence-electron chi connectivity index (χ3n) is 5.06. The van der Waals surface area contributed by atoms with Crippen LogP contribution in [0, 0.1) is 18.6 Å². The van der Waals surface area contributed by atoms with Gasteiger partial charge >= 0.3 is 5.69 Å². The van der Waals surface area contributed by atoms with Crippen molar-refractivity contribution >= 4 is 17.7 Å². The lowest BCUT2D eigenvalue weighted by Crippen LogP contribution is -2.25. The number of fused-ring (bicyclic) bond motifs is 1. The van der Waals surface area contributed by atoms with E-state index in [-0.39, 0.29) is 41.3 Å². The van der Waals surface area contributed by atoms with E-state index in [1.807, 2.05) is 0 Å². The van der Waals surface area contributed by atoms with E-state index in [0.29, 0.717) is 16.4 Å². The van der Waals surface area contributed by atoms with Crippen molar-refractivity contribution < 1.29 is 13.9 Å². The lowest BCUT2D eigenvalue weighted by molar-refractivity contribution is 0.454. The first-order valence-corrected chi connectivity index (χ1v) is 9.89. The van der Waals surface area contributed by atoms with Crippen LogP contribution in [-0.2, 0) is 6.54 Å². The maximum atomic E-state index is 14.4. The molecular formula is C20H18F2N8O2. The Balaban J connectivity index is 1.60. The zero-order valence-electron chi connectivity index (χ0n) is 16.9. The van der Waals surface area contributed by atoms with Gasteiger partial charge in [0, 0.05) is 17.3 Å². The Labute approximate surface area is 178 Å². The number of halogens is 2. The number of rotatable bonds is 5. The minimum Gasteiger partial charge on any atom is -0.493 e. The van der Waals surface area contributed by atoms with Crippen LogP contribution >= 0.6 is 0 Å². The molecule has 0 atom stereocenters. The molecule has 0 aliphatic heterocycles. The van der Waals surface area contributed by atoms with E-state index in [1.54, 1.807) is 6.92 Å². The quantitative estimate of drug-likeness (QED) is 0.360. The summed E-state index contributed by atoms with van der Waals surface area (Å²) < 4.78 is 29.9. The van der Waals surface area contributed by atoms with Gasteiger partial charge < -0.3 is 15.4 Å². The minimum atomic E-state index is -0.671. The van der Waals surface area contributed by atoms with E-state index in [9.17, 15) is 18.7 Å². The molecule has 10 nitrogen and oxygen atoms in total. The average Bonchev–Trinajstić information content (AvgIpc) is 3.39. The molecule has 0 radical (unpaired) electrons. The van der Waals surface area contributed by atoms with Crippen LogP contribution in [0.3, 0.4) is 0 Å². The molecule has 0 bridgehead atoms. The third-order valence-corrected chi connectivity index (χ3v) is 5.06. The van der Waals surface area contributed by atoms with Gasteiger partial charge in [0.05, 0.1) is 12.2 Å². The molecule has 0 unspecified atom stereocenters. The van der Waals surface area contributed by atoms with Crippen LogP contribution in [-0.4, -0.2) is 40.7 Å². The largest absolute Gasteiger partial charge is 0.493 e. The van der Waals surface area contributed by atoms with Gasteiger partial charge in [-0.3, -0.25) is 4.98 Å². The highest BCUT2D eigenvalue weighted by molar-refractivity contribution is 5.57. The summed E-state index contributed by atoms with van der Waals surface area (Å²) in [7, 11) is 0. The summed E-state index contributed by atoms with van der Waals surface area (Å²) in [5.41, 5.74) is 0.433. The first kappa shape index (κ1) is 19.8. The van der Waals surface area contributed by atoms with E-state index in [4.69, 9.17) is 0 Å². The molecule has 1 aliphatic carbocycles. The van der Waals surface area contributed by atoms with Crippen molar-refractivity contribution in [2.24, 2.45) is 4.99 Å². The van der Waals surface area contributed by atoms with Crippen LogP contribution in [0.1, 0.15) is 29.7 Å². The minimum absolute atomic E-state index is 0.110. The molecule has 1 aromatic carbocycles. The van der Waals surface area contributed by atoms with E-state index < -0.39 is 17.3 Å². The maximum Gasteiger partial charge on any atom is 0.326 e. The van der Waals surface area contributed by atoms with E-state index in [0.717, 1.165) is 12.8 Å².